The van der Waals surface area contributed by atoms with Crippen molar-refractivity contribution in [2.45, 2.75) is 13.8 Å². The molecule has 120 valence electrons. The fourth-order valence-electron chi connectivity index (χ4n) is 2.34. The van der Waals surface area contributed by atoms with Gasteiger partial charge >= 0.3 is 0 Å². The molecule has 1 aliphatic heterocycles. The molecule has 3 rings (SSSR count). The Balaban J connectivity index is 1.80. The van der Waals surface area contributed by atoms with Crippen LogP contribution in [-0.4, -0.2) is 11.1 Å². The molecule has 0 aliphatic carbocycles. The average molecular weight is 334 g/mol. The van der Waals surface area contributed by atoms with Crippen molar-refractivity contribution >= 4 is 34.6 Å². The smallest absolute Gasteiger partial charge is 0.264 e. The molecule has 0 atom stereocenters. The monoisotopic (exact) mass is 334 g/mol. The van der Waals surface area contributed by atoms with E-state index >= 15 is 0 Å². The number of amides is 1. The first kappa shape index (κ1) is 16.3. The lowest BCUT2D eigenvalue weighted by Gasteiger charge is -1.99. The maximum Gasteiger partial charge on any atom is 0.264 e. The Labute approximate surface area is 146 Å². The van der Waals surface area contributed by atoms with Crippen molar-refractivity contribution in [2.24, 2.45) is 4.99 Å². The van der Waals surface area contributed by atoms with E-state index in [1.165, 1.54) is 11.8 Å². The summed E-state index contributed by atoms with van der Waals surface area (Å²) in [5.74, 6) is -0.104. The summed E-state index contributed by atoms with van der Waals surface area (Å²) in [5.41, 5.74) is 4.09. The van der Waals surface area contributed by atoms with Gasteiger partial charge in [-0.3, -0.25) is 4.79 Å². The molecule has 1 fully saturated rings. The predicted octanol–water partition coefficient (Wildman–Crippen LogP) is 4.83. The van der Waals surface area contributed by atoms with Crippen molar-refractivity contribution in [3.05, 3.63) is 82.3 Å². The summed E-state index contributed by atoms with van der Waals surface area (Å²) in [4.78, 5) is 17.3. The van der Waals surface area contributed by atoms with Gasteiger partial charge in [-0.15, -0.1) is 0 Å². The van der Waals surface area contributed by atoms with Gasteiger partial charge in [0.15, 0.2) is 5.17 Å². The Morgan fingerprint density at radius 1 is 1.08 bits per heavy atom. The molecule has 1 amide bonds. The Morgan fingerprint density at radius 2 is 1.79 bits per heavy atom. The number of amidine groups is 1. The fraction of sp³-hybridized carbons (Fsp3) is 0.100. The number of benzene rings is 2. The largest absolute Gasteiger partial charge is 0.300 e. The highest BCUT2D eigenvalue weighted by Crippen LogP contribution is 2.28. The van der Waals surface area contributed by atoms with Crippen molar-refractivity contribution in [1.82, 2.24) is 5.32 Å². The SMILES string of the molecule is CC(=C/c1ccccc1)/C=C1\SC(=Nc2ccccc2C)NC1=O. The Hall–Kier alpha value is -2.59. The van der Waals surface area contributed by atoms with Gasteiger partial charge in [0.05, 0.1) is 10.6 Å². The molecule has 0 aromatic heterocycles. The molecule has 0 saturated carbocycles. The van der Waals surface area contributed by atoms with Crippen molar-refractivity contribution < 1.29 is 4.79 Å². The van der Waals surface area contributed by atoms with Crippen LogP contribution in [0, 0.1) is 6.92 Å². The molecule has 2 aromatic carbocycles. The first-order valence-corrected chi connectivity index (χ1v) is 8.52. The number of hydrogen-bond acceptors (Lipinski definition) is 3. The van der Waals surface area contributed by atoms with Crippen molar-refractivity contribution in [2.75, 3.05) is 0 Å². The number of para-hydroxylation sites is 1. The lowest BCUT2D eigenvalue weighted by atomic mass is 10.1. The number of rotatable bonds is 3. The molecule has 0 radical (unpaired) electrons. The van der Waals surface area contributed by atoms with E-state index in [2.05, 4.69) is 16.4 Å². The molecule has 0 unspecified atom stereocenters. The van der Waals surface area contributed by atoms with Crippen LogP contribution in [0.25, 0.3) is 6.08 Å². The second kappa shape index (κ2) is 7.32. The summed E-state index contributed by atoms with van der Waals surface area (Å²) in [7, 11) is 0. The van der Waals surface area contributed by atoms with Gasteiger partial charge in [0, 0.05) is 0 Å². The topological polar surface area (TPSA) is 41.5 Å². The zero-order valence-corrected chi connectivity index (χ0v) is 14.4. The maximum absolute atomic E-state index is 12.1. The Kier molecular flexibility index (Phi) is 4.96. The maximum atomic E-state index is 12.1. The van der Waals surface area contributed by atoms with Crippen LogP contribution in [-0.2, 0) is 4.79 Å². The van der Waals surface area contributed by atoms with E-state index < -0.39 is 0 Å². The van der Waals surface area contributed by atoms with Crippen LogP contribution >= 0.6 is 11.8 Å². The van der Waals surface area contributed by atoms with Gasteiger partial charge in [-0.1, -0.05) is 54.6 Å². The standard InChI is InChI=1S/C20H18N2OS/c1-14(12-16-9-4-3-5-10-16)13-18-19(23)22-20(24-18)21-17-11-7-6-8-15(17)2/h3-13H,1-2H3,(H,21,22,23)/b14-12-,18-13-. The predicted molar refractivity (Wildman–Crippen MR) is 102 cm³/mol. The van der Waals surface area contributed by atoms with E-state index in [4.69, 9.17) is 0 Å². The van der Waals surface area contributed by atoms with Gasteiger partial charge in [-0.05, 0) is 54.5 Å². The van der Waals surface area contributed by atoms with Gasteiger partial charge in [0.1, 0.15) is 0 Å². The zero-order valence-electron chi connectivity index (χ0n) is 13.6. The molecule has 1 N–H and O–H groups in total. The number of thioether (sulfide) groups is 1. The summed E-state index contributed by atoms with van der Waals surface area (Å²) in [6.07, 6.45) is 3.95. The molecule has 1 heterocycles. The van der Waals surface area contributed by atoms with Crippen LogP contribution in [0.15, 0.2) is 76.1 Å². The van der Waals surface area contributed by atoms with Crippen LogP contribution in [0.1, 0.15) is 18.1 Å². The average Bonchev–Trinajstić information content (AvgIpc) is 2.90. The molecular formula is C20H18N2OS. The third-order valence-corrected chi connectivity index (χ3v) is 4.45. The highest BCUT2D eigenvalue weighted by Gasteiger charge is 2.23. The molecule has 3 nitrogen and oxygen atoms in total. The summed E-state index contributed by atoms with van der Waals surface area (Å²) in [6, 6.07) is 17.9. The molecule has 1 saturated heterocycles. The first-order chi connectivity index (χ1) is 11.6. The van der Waals surface area contributed by atoms with Gasteiger partial charge in [0.25, 0.3) is 5.91 Å². The lowest BCUT2D eigenvalue weighted by Crippen LogP contribution is -2.19. The summed E-state index contributed by atoms with van der Waals surface area (Å²) >= 11 is 1.37. The van der Waals surface area contributed by atoms with Gasteiger partial charge < -0.3 is 5.32 Å². The number of nitrogens with zero attached hydrogens (tertiary/aromatic N) is 1. The van der Waals surface area contributed by atoms with Crippen LogP contribution in [0.5, 0.6) is 0 Å². The highest BCUT2D eigenvalue weighted by molar-refractivity contribution is 8.18. The zero-order chi connectivity index (χ0) is 16.9. The highest BCUT2D eigenvalue weighted by atomic mass is 32.2. The number of aliphatic imine (C=N–C) groups is 1. The third-order valence-electron chi connectivity index (χ3n) is 3.54. The van der Waals surface area contributed by atoms with E-state index in [1.54, 1.807) is 0 Å². The van der Waals surface area contributed by atoms with Crippen molar-refractivity contribution in [1.29, 1.82) is 0 Å². The summed E-state index contributed by atoms with van der Waals surface area (Å²) in [6.45, 7) is 3.99. The molecular weight excluding hydrogens is 316 g/mol. The van der Waals surface area contributed by atoms with E-state index in [1.807, 2.05) is 74.5 Å². The Bertz CT molecular complexity index is 851. The minimum Gasteiger partial charge on any atom is -0.300 e. The molecule has 4 heteroatoms. The van der Waals surface area contributed by atoms with Crippen molar-refractivity contribution in [3.63, 3.8) is 0 Å². The molecule has 0 bridgehead atoms. The normalized spacial score (nSPS) is 18.2. The quantitative estimate of drug-likeness (QED) is 0.817. The van der Waals surface area contributed by atoms with Gasteiger partial charge in [-0.2, -0.15) is 0 Å². The van der Waals surface area contributed by atoms with E-state index in [9.17, 15) is 4.79 Å². The van der Waals surface area contributed by atoms with Gasteiger partial charge in [0.2, 0.25) is 0 Å². The van der Waals surface area contributed by atoms with Gasteiger partial charge in [-0.25, -0.2) is 4.99 Å². The Morgan fingerprint density at radius 3 is 2.54 bits per heavy atom. The van der Waals surface area contributed by atoms with E-state index in [0.29, 0.717) is 10.1 Å². The number of nitrogens with one attached hydrogen (secondary N) is 1. The number of carbonyl (C=O) groups excluding carboxylic acids is 1. The second-order valence-corrected chi connectivity index (χ2v) is 6.60. The number of hydrogen-bond donors (Lipinski definition) is 1. The molecule has 0 spiro atoms. The van der Waals surface area contributed by atoms with E-state index in [0.717, 1.165) is 22.4 Å². The third kappa shape index (κ3) is 4.03. The fourth-order valence-corrected chi connectivity index (χ4v) is 3.22. The number of allylic oxidation sites excluding steroid dienone is 2. The van der Waals surface area contributed by atoms with Crippen LogP contribution in [0.3, 0.4) is 0 Å². The van der Waals surface area contributed by atoms with Crippen LogP contribution in [0.2, 0.25) is 0 Å². The first-order valence-electron chi connectivity index (χ1n) is 7.70. The van der Waals surface area contributed by atoms with Crippen LogP contribution < -0.4 is 5.32 Å². The van der Waals surface area contributed by atoms with Crippen molar-refractivity contribution in [3.8, 4) is 0 Å². The minimum absolute atomic E-state index is 0.104. The summed E-state index contributed by atoms with van der Waals surface area (Å²) in [5, 5.41) is 3.45. The molecule has 24 heavy (non-hydrogen) atoms. The van der Waals surface area contributed by atoms with Crippen LogP contribution in [0.4, 0.5) is 5.69 Å². The minimum atomic E-state index is -0.104. The second-order valence-electron chi connectivity index (χ2n) is 5.57. The number of aryl methyl sites for hydroxylation is 1. The molecule has 2 aromatic rings. The molecule has 1 aliphatic rings. The summed E-state index contributed by atoms with van der Waals surface area (Å²) < 4.78 is 0. The number of carbonyl (C=O) groups is 1. The lowest BCUT2D eigenvalue weighted by molar-refractivity contribution is -0.115. The van der Waals surface area contributed by atoms with E-state index in [-0.39, 0.29) is 5.91 Å².